The summed E-state index contributed by atoms with van der Waals surface area (Å²) in [5, 5.41) is 3.47. The average molecular weight is 426 g/mol. The van der Waals surface area contributed by atoms with E-state index in [2.05, 4.69) is 77.8 Å². The third-order valence-electron chi connectivity index (χ3n) is 5.86. The second kappa shape index (κ2) is 8.98. The molecule has 2 aromatic rings. The Morgan fingerprint density at radius 3 is 2.35 bits per heavy atom. The van der Waals surface area contributed by atoms with Crippen molar-refractivity contribution in [3.8, 4) is 11.8 Å². The highest BCUT2D eigenvalue weighted by Crippen LogP contribution is 2.28. The molecule has 0 radical (unpaired) electrons. The van der Waals surface area contributed by atoms with Gasteiger partial charge >= 0.3 is 6.01 Å². The summed E-state index contributed by atoms with van der Waals surface area (Å²) in [6, 6.07) is 11.0. The highest BCUT2D eigenvalue weighted by Gasteiger charge is 2.22. The number of rotatable bonds is 5. The number of nitrogens with zero attached hydrogens (tertiary/aromatic N) is 4. The Hall–Kier alpha value is -2.42. The van der Waals surface area contributed by atoms with Crippen LogP contribution in [0.3, 0.4) is 0 Å². The minimum absolute atomic E-state index is 0.104. The van der Waals surface area contributed by atoms with Gasteiger partial charge in [0.1, 0.15) is 17.4 Å². The third-order valence-corrected chi connectivity index (χ3v) is 5.86. The summed E-state index contributed by atoms with van der Waals surface area (Å²) in [6.45, 7) is 12.7. The molecule has 2 unspecified atom stereocenters. The monoisotopic (exact) mass is 425 g/mol. The Kier molecular flexibility index (Phi) is 6.31. The van der Waals surface area contributed by atoms with E-state index in [1.807, 2.05) is 18.2 Å². The molecule has 0 amide bonds. The van der Waals surface area contributed by atoms with Crippen molar-refractivity contribution in [2.24, 2.45) is 0 Å². The molecule has 2 saturated heterocycles. The SMILES string of the molecule is CC1CC(Nc2cc(N3CCN(C)CC3)nc(Oc3ccc(C(C)(C)C)cc3)n2)NN1. The fourth-order valence-electron chi connectivity index (χ4n) is 3.85. The molecule has 0 bridgehead atoms. The number of hydrazine groups is 1. The number of hydrogen-bond acceptors (Lipinski definition) is 8. The van der Waals surface area contributed by atoms with Crippen molar-refractivity contribution in [3.05, 3.63) is 35.9 Å². The number of benzene rings is 1. The van der Waals surface area contributed by atoms with Crippen molar-refractivity contribution in [1.29, 1.82) is 0 Å². The van der Waals surface area contributed by atoms with Gasteiger partial charge in [0, 0.05) is 38.3 Å². The van der Waals surface area contributed by atoms with Crippen LogP contribution in [0.4, 0.5) is 11.6 Å². The van der Waals surface area contributed by atoms with Crippen LogP contribution >= 0.6 is 0 Å². The van der Waals surface area contributed by atoms with E-state index >= 15 is 0 Å². The van der Waals surface area contributed by atoms with Gasteiger partial charge in [0.2, 0.25) is 0 Å². The maximum Gasteiger partial charge on any atom is 0.325 e. The van der Waals surface area contributed by atoms with E-state index < -0.39 is 0 Å². The van der Waals surface area contributed by atoms with Crippen LogP contribution in [-0.4, -0.2) is 60.3 Å². The Morgan fingerprint density at radius 2 is 1.74 bits per heavy atom. The van der Waals surface area contributed by atoms with Gasteiger partial charge in [-0.25, -0.2) is 5.43 Å². The summed E-state index contributed by atoms with van der Waals surface area (Å²) in [5.74, 6) is 2.40. The van der Waals surface area contributed by atoms with Crippen molar-refractivity contribution < 1.29 is 4.74 Å². The number of likely N-dealkylation sites (N-methyl/N-ethyl adjacent to an activating group) is 1. The molecule has 0 aliphatic carbocycles. The van der Waals surface area contributed by atoms with Gasteiger partial charge in [0.05, 0.1) is 6.17 Å². The third kappa shape index (κ3) is 5.64. The topological polar surface area (TPSA) is 77.6 Å². The van der Waals surface area contributed by atoms with Gasteiger partial charge in [-0.15, -0.1) is 0 Å². The smallest absolute Gasteiger partial charge is 0.325 e. The predicted octanol–water partition coefficient (Wildman–Crippen LogP) is 2.94. The fourth-order valence-corrected chi connectivity index (χ4v) is 3.85. The molecule has 31 heavy (non-hydrogen) atoms. The first-order valence-electron chi connectivity index (χ1n) is 11.1. The number of aromatic nitrogens is 2. The molecule has 4 rings (SSSR count). The van der Waals surface area contributed by atoms with Crippen LogP contribution in [0.1, 0.15) is 39.7 Å². The summed E-state index contributed by atoms with van der Waals surface area (Å²) in [4.78, 5) is 14.0. The van der Waals surface area contributed by atoms with Crippen molar-refractivity contribution in [2.45, 2.75) is 51.7 Å². The molecule has 2 atom stereocenters. The van der Waals surface area contributed by atoms with Crippen LogP contribution in [0.15, 0.2) is 30.3 Å². The fraction of sp³-hybridized carbons (Fsp3) is 0.565. The maximum atomic E-state index is 6.09. The number of piperazine rings is 1. The second-order valence-electron chi connectivity index (χ2n) is 9.68. The molecule has 8 heteroatoms. The van der Waals surface area contributed by atoms with Crippen molar-refractivity contribution in [2.75, 3.05) is 43.4 Å². The molecule has 2 fully saturated rings. The summed E-state index contributed by atoms with van der Waals surface area (Å²) >= 11 is 0. The maximum absolute atomic E-state index is 6.09. The molecule has 8 nitrogen and oxygen atoms in total. The Bertz CT molecular complexity index is 872. The molecule has 0 saturated carbocycles. The van der Waals surface area contributed by atoms with Crippen molar-refractivity contribution >= 4 is 11.6 Å². The Labute approximate surface area is 185 Å². The largest absolute Gasteiger partial charge is 0.424 e. The summed E-state index contributed by atoms with van der Waals surface area (Å²) in [5.41, 5.74) is 7.88. The lowest BCUT2D eigenvalue weighted by Gasteiger charge is -2.33. The lowest BCUT2D eigenvalue weighted by atomic mass is 9.87. The highest BCUT2D eigenvalue weighted by atomic mass is 16.5. The van der Waals surface area contributed by atoms with Crippen LogP contribution in [-0.2, 0) is 5.41 Å². The Morgan fingerprint density at radius 1 is 1.03 bits per heavy atom. The van der Waals surface area contributed by atoms with Gasteiger partial charge in [0.25, 0.3) is 0 Å². The van der Waals surface area contributed by atoms with Crippen LogP contribution in [0.2, 0.25) is 0 Å². The van der Waals surface area contributed by atoms with Crippen molar-refractivity contribution in [1.82, 2.24) is 25.7 Å². The zero-order valence-electron chi connectivity index (χ0n) is 19.3. The van der Waals surface area contributed by atoms with E-state index in [0.717, 1.165) is 50.0 Å². The number of nitrogens with one attached hydrogen (secondary N) is 3. The average Bonchev–Trinajstić information content (AvgIpc) is 3.12. The molecule has 3 N–H and O–H groups in total. The lowest BCUT2D eigenvalue weighted by Crippen LogP contribution is -2.45. The van der Waals surface area contributed by atoms with E-state index in [1.165, 1.54) is 5.56 Å². The lowest BCUT2D eigenvalue weighted by molar-refractivity contribution is 0.311. The molecule has 3 heterocycles. The zero-order chi connectivity index (χ0) is 22.0. The molecule has 1 aromatic heterocycles. The first kappa shape index (κ1) is 21.8. The number of ether oxygens (including phenoxy) is 1. The number of anilines is 2. The van der Waals surface area contributed by atoms with Crippen LogP contribution in [0.5, 0.6) is 11.8 Å². The summed E-state index contributed by atoms with van der Waals surface area (Å²) < 4.78 is 6.09. The van der Waals surface area contributed by atoms with Crippen LogP contribution < -0.4 is 25.8 Å². The highest BCUT2D eigenvalue weighted by molar-refractivity contribution is 5.51. The number of hydrogen-bond donors (Lipinski definition) is 3. The minimum atomic E-state index is 0.104. The van der Waals surface area contributed by atoms with E-state index in [9.17, 15) is 0 Å². The first-order chi connectivity index (χ1) is 14.8. The van der Waals surface area contributed by atoms with E-state index in [-0.39, 0.29) is 11.6 Å². The zero-order valence-corrected chi connectivity index (χ0v) is 19.3. The molecule has 168 valence electrons. The van der Waals surface area contributed by atoms with E-state index in [1.54, 1.807) is 0 Å². The molecular weight excluding hydrogens is 390 g/mol. The first-order valence-corrected chi connectivity index (χ1v) is 11.1. The quantitative estimate of drug-likeness (QED) is 0.675. The normalized spacial score (nSPS) is 22.5. The van der Waals surface area contributed by atoms with Crippen molar-refractivity contribution in [3.63, 3.8) is 0 Å². The van der Waals surface area contributed by atoms with Gasteiger partial charge in [-0.1, -0.05) is 32.9 Å². The van der Waals surface area contributed by atoms with Crippen LogP contribution in [0.25, 0.3) is 0 Å². The van der Waals surface area contributed by atoms with E-state index in [4.69, 9.17) is 9.72 Å². The molecular formula is C23H35N7O. The molecule has 0 spiro atoms. The molecule has 1 aromatic carbocycles. The molecule has 2 aliphatic heterocycles. The Balaban J connectivity index is 1.56. The second-order valence-corrected chi connectivity index (χ2v) is 9.68. The molecule has 2 aliphatic rings. The summed E-state index contributed by atoms with van der Waals surface area (Å²) in [6.07, 6.45) is 1.09. The standard InChI is InChI=1S/C23H35N7O/c1-16-14-20(28-27-16)24-19-15-21(30-12-10-29(5)11-13-30)26-22(25-19)31-18-8-6-17(7-9-18)23(2,3)4/h6-9,15-16,20,27-28H,10-14H2,1-5H3,(H,24,25,26). The van der Waals surface area contributed by atoms with Gasteiger partial charge < -0.3 is 19.9 Å². The van der Waals surface area contributed by atoms with Gasteiger partial charge in [-0.2, -0.15) is 9.97 Å². The predicted molar refractivity (Wildman–Crippen MR) is 125 cm³/mol. The van der Waals surface area contributed by atoms with Crippen LogP contribution in [0, 0.1) is 0 Å². The summed E-state index contributed by atoms with van der Waals surface area (Å²) in [7, 11) is 2.15. The van der Waals surface area contributed by atoms with E-state index in [0.29, 0.717) is 12.1 Å². The van der Waals surface area contributed by atoms with Gasteiger partial charge in [0.15, 0.2) is 0 Å². The van der Waals surface area contributed by atoms with Gasteiger partial charge in [-0.05, 0) is 43.5 Å². The minimum Gasteiger partial charge on any atom is -0.424 e. The van der Waals surface area contributed by atoms with Gasteiger partial charge in [-0.3, -0.25) is 5.43 Å².